The van der Waals surface area contributed by atoms with Crippen LogP contribution in [0.25, 0.3) is 11.4 Å². The van der Waals surface area contributed by atoms with Gasteiger partial charge in [0.05, 0.1) is 0 Å². The SMILES string of the molecule is O=C(NCCc1nc(-c2cccnc2)no1)c1cccc([C@H]2CCCNC2)c1. The van der Waals surface area contributed by atoms with E-state index in [1.165, 1.54) is 12.0 Å². The predicted molar refractivity (Wildman–Crippen MR) is 105 cm³/mol. The summed E-state index contributed by atoms with van der Waals surface area (Å²) in [7, 11) is 0. The summed E-state index contributed by atoms with van der Waals surface area (Å²) in [6.07, 6.45) is 6.19. The van der Waals surface area contributed by atoms with Crippen molar-refractivity contribution in [1.29, 1.82) is 0 Å². The Bertz CT molecular complexity index is 919. The van der Waals surface area contributed by atoms with Crippen LogP contribution in [0.5, 0.6) is 0 Å². The first kappa shape index (κ1) is 18.3. The molecule has 1 fully saturated rings. The van der Waals surface area contributed by atoms with E-state index in [0.29, 0.717) is 36.2 Å². The van der Waals surface area contributed by atoms with Crippen LogP contribution in [-0.2, 0) is 6.42 Å². The molecule has 1 aliphatic heterocycles. The monoisotopic (exact) mass is 377 g/mol. The van der Waals surface area contributed by atoms with Crippen molar-refractivity contribution in [3.05, 3.63) is 65.8 Å². The highest BCUT2D eigenvalue weighted by Crippen LogP contribution is 2.23. The Kier molecular flexibility index (Phi) is 5.72. The molecule has 7 heteroatoms. The van der Waals surface area contributed by atoms with Crippen molar-refractivity contribution >= 4 is 5.91 Å². The normalized spacial score (nSPS) is 16.6. The van der Waals surface area contributed by atoms with E-state index >= 15 is 0 Å². The molecule has 3 heterocycles. The molecule has 0 saturated carbocycles. The van der Waals surface area contributed by atoms with Crippen molar-refractivity contribution in [3.8, 4) is 11.4 Å². The molecular weight excluding hydrogens is 354 g/mol. The zero-order valence-corrected chi connectivity index (χ0v) is 15.6. The van der Waals surface area contributed by atoms with Crippen LogP contribution in [0.1, 0.15) is 40.6 Å². The topological polar surface area (TPSA) is 92.9 Å². The third-order valence-corrected chi connectivity index (χ3v) is 4.93. The van der Waals surface area contributed by atoms with Gasteiger partial charge in [0.1, 0.15) is 0 Å². The summed E-state index contributed by atoms with van der Waals surface area (Å²) in [6.45, 7) is 2.49. The maximum absolute atomic E-state index is 12.5. The maximum Gasteiger partial charge on any atom is 0.251 e. The lowest BCUT2D eigenvalue weighted by atomic mass is 9.90. The number of hydrogen-bond donors (Lipinski definition) is 2. The average molecular weight is 377 g/mol. The van der Waals surface area contributed by atoms with Gasteiger partial charge in [-0.05, 0) is 55.1 Å². The lowest BCUT2D eigenvalue weighted by Crippen LogP contribution is -2.29. The molecule has 0 radical (unpaired) electrons. The van der Waals surface area contributed by atoms with Crippen LogP contribution in [0.4, 0.5) is 0 Å². The summed E-state index contributed by atoms with van der Waals surface area (Å²) in [5.74, 6) is 1.38. The first-order chi connectivity index (χ1) is 13.8. The zero-order chi connectivity index (χ0) is 19.2. The molecule has 1 aromatic carbocycles. The van der Waals surface area contributed by atoms with Gasteiger partial charge in [-0.1, -0.05) is 17.3 Å². The lowest BCUT2D eigenvalue weighted by Gasteiger charge is -2.23. The molecule has 4 rings (SSSR count). The predicted octanol–water partition coefficient (Wildman–Crippen LogP) is 2.57. The zero-order valence-electron chi connectivity index (χ0n) is 15.6. The number of amides is 1. The number of nitrogens with one attached hydrogen (secondary N) is 2. The molecule has 1 aliphatic rings. The van der Waals surface area contributed by atoms with E-state index in [1.54, 1.807) is 12.4 Å². The van der Waals surface area contributed by atoms with E-state index in [1.807, 2.05) is 30.3 Å². The fourth-order valence-corrected chi connectivity index (χ4v) is 3.42. The van der Waals surface area contributed by atoms with Gasteiger partial charge in [-0.15, -0.1) is 0 Å². The number of piperidine rings is 1. The quantitative estimate of drug-likeness (QED) is 0.686. The van der Waals surface area contributed by atoms with Crippen molar-refractivity contribution in [2.75, 3.05) is 19.6 Å². The van der Waals surface area contributed by atoms with Gasteiger partial charge in [-0.25, -0.2) is 0 Å². The molecule has 2 aromatic heterocycles. The average Bonchev–Trinajstić information content (AvgIpc) is 3.24. The Balaban J connectivity index is 1.32. The highest BCUT2D eigenvalue weighted by Gasteiger charge is 2.16. The third kappa shape index (κ3) is 4.43. The van der Waals surface area contributed by atoms with Crippen LogP contribution in [0, 0.1) is 0 Å². The second kappa shape index (κ2) is 8.75. The molecular formula is C21H23N5O2. The van der Waals surface area contributed by atoms with Crippen LogP contribution in [0.15, 0.2) is 53.3 Å². The van der Waals surface area contributed by atoms with Gasteiger partial charge in [0, 0.05) is 43.0 Å². The van der Waals surface area contributed by atoms with E-state index < -0.39 is 0 Å². The third-order valence-electron chi connectivity index (χ3n) is 4.93. The number of carbonyl (C=O) groups excluding carboxylic acids is 1. The second-order valence-corrected chi connectivity index (χ2v) is 6.93. The maximum atomic E-state index is 12.5. The fourth-order valence-electron chi connectivity index (χ4n) is 3.42. The molecule has 0 bridgehead atoms. The van der Waals surface area contributed by atoms with Gasteiger partial charge in [-0.2, -0.15) is 4.98 Å². The number of carbonyl (C=O) groups is 1. The van der Waals surface area contributed by atoms with Gasteiger partial charge in [0.2, 0.25) is 11.7 Å². The minimum atomic E-state index is -0.0855. The van der Waals surface area contributed by atoms with Crippen molar-refractivity contribution < 1.29 is 9.32 Å². The fraction of sp³-hybridized carbons (Fsp3) is 0.333. The van der Waals surface area contributed by atoms with Gasteiger partial charge in [0.15, 0.2) is 0 Å². The van der Waals surface area contributed by atoms with E-state index in [0.717, 1.165) is 25.1 Å². The smallest absolute Gasteiger partial charge is 0.251 e. The summed E-state index contributed by atoms with van der Waals surface area (Å²) in [5.41, 5.74) is 2.71. The van der Waals surface area contributed by atoms with Gasteiger partial charge in [0.25, 0.3) is 5.91 Å². The molecule has 1 saturated heterocycles. The molecule has 144 valence electrons. The van der Waals surface area contributed by atoms with Crippen molar-refractivity contribution in [3.63, 3.8) is 0 Å². The number of rotatable bonds is 6. The minimum Gasteiger partial charge on any atom is -0.352 e. The first-order valence-corrected chi connectivity index (χ1v) is 9.61. The van der Waals surface area contributed by atoms with Crippen molar-refractivity contribution in [2.45, 2.75) is 25.2 Å². The van der Waals surface area contributed by atoms with Crippen LogP contribution >= 0.6 is 0 Å². The van der Waals surface area contributed by atoms with Crippen LogP contribution in [0.2, 0.25) is 0 Å². The lowest BCUT2D eigenvalue weighted by molar-refractivity contribution is 0.0953. The van der Waals surface area contributed by atoms with Gasteiger partial charge >= 0.3 is 0 Å². The van der Waals surface area contributed by atoms with Crippen LogP contribution in [-0.4, -0.2) is 40.7 Å². The Morgan fingerprint density at radius 1 is 1.29 bits per heavy atom. The van der Waals surface area contributed by atoms with E-state index in [4.69, 9.17) is 4.52 Å². The van der Waals surface area contributed by atoms with Gasteiger partial charge < -0.3 is 15.2 Å². The van der Waals surface area contributed by atoms with E-state index in [2.05, 4.69) is 31.8 Å². The molecule has 0 unspecified atom stereocenters. The standard InChI is InChI=1S/C21H23N5O2/c27-21(16-5-1-4-15(12-16)17-6-2-9-22-13-17)24-11-8-19-25-20(26-28-19)18-7-3-10-23-14-18/h1,3-5,7,10,12,14,17,22H,2,6,8-9,11,13H2,(H,24,27)/t17-/m0/s1. The molecule has 2 N–H and O–H groups in total. The molecule has 0 aliphatic carbocycles. The summed E-state index contributed by atoms with van der Waals surface area (Å²) < 4.78 is 5.26. The second-order valence-electron chi connectivity index (χ2n) is 6.93. The van der Waals surface area contributed by atoms with Crippen molar-refractivity contribution in [1.82, 2.24) is 25.8 Å². The summed E-state index contributed by atoms with van der Waals surface area (Å²) in [6, 6.07) is 11.6. The largest absolute Gasteiger partial charge is 0.352 e. The molecule has 3 aromatic rings. The molecule has 1 amide bonds. The summed E-state index contributed by atoms with van der Waals surface area (Å²) >= 11 is 0. The molecule has 1 atom stereocenters. The van der Waals surface area contributed by atoms with Crippen LogP contribution < -0.4 is 10.6 Å². The number of nitrogens with zero attached hydrogens (tertiary/aromatic N) is 3. The first-order valence-electron chi connectivity index (χ1n) is 9.61. The Morgan fingerprint density at radius 2 is 2.25 bits per heavy atom. The summed E-state index contributed by atoms with van der Waals surface area (Å²) in [5, 5.41) is 10.3. The number of hydrogen-bond acceptors (Lipinski definition) is 6. The minimum absolute atomic E-state index is 0.0855. The molecule has 28 heavy (non-hydrogen) atoms. The summed E-state index contributed by atoms with van der Waals surface area (Å²) in [4.78, 5) is 20.9. The highest BCUT2D eigenvalue weighted by molar-refractivity contribution is 5.94. The molecule has 7 nitrogen and oxygen atoms in total. The number of benzene rings is 1. The van der Waals surface area contributed by atoms with Gasteiger partial charge in [-0.3, -0.25) is 9.78 Å². The van der Waals surface area contributed by atoms with E-state index in [9.17, 15) is 4.79 Å². The Morgan fingerprint density at radius 3 is 3.07 bits per heavy atom. The number of aromatic nitrogens is 3. The highest BCUT2D eigenvalue weighted by atomic mass is 16.5. The van der Waals surface area contributed by atoms with Crippen LogP contribution in [0.3, 0.4) is 0 Å². The van der Waals surface area contributed by atoms with Crippen molar-refractivity contribution in [2.24, 2.45) is 0 Å². The van der Waals surface area contributed by atoms with E-state index in [-0.39, 0.29) is 5.91 Å². The number of pyridine rings is 1. The molecule has 0 spiro atoms. The Hall–Kier alpha value is -3.06. The Labute approximate surface area is 163 Å².